The average Bonchev–Trinajstić information content (AvgIpc) is 2.30. The van der Waals surface area contributed by atoms with Gasteiger partial charge in [0.2, 0.25) is 5.95 Å². The van der Waals surface area contributed by atoms with E-state index in [2.05, 4.69) is 54.8 Å². The number of aryl methyl sites for hydroxylation is 1. The van der Waals surface area contributed by atoms with Crippen LogP contribution in [0, 0.1) is 6.92 Å². The molecule has 4 heteroatoms. The minimum absolute atomic E-state index is 0.452. The van der Waals surface area contributed by atoms with E-state index in [-0.39, 0.29) is 0 Å². The van der Waals surface area contributed by atoms with Gasteiger partial charge in [0.25, 0.3) is 0 Å². The van der Waals surface area contributed by atoms with Crippen LogP contribution in [0.2, 0.25) is 0 Å². The topological polar surface area (TPSA) is 41.1 Å². The molecule has 0 saturated heterocycles. The van der Waals surface area contributed by atoms with Crippen LogP contribution in [0.4, 0.5) is 11.8 Å². The average molecular weight is 236 g/mol. The number of nitrogens with zero attached hydrogens (tertiary/aromatic N) is 3. The van der Waals surface area contributed by atoms with Crippen molar-refractivity contribution in [3.63, 3.8) is 0 Å². The minimum Gasteiger partial charge on any atom is -0.354 e. The molecule has 0 amide bonds. The van der Waals surface area contributed by atoms with Gasteiger partial charge in [0.15, 0.2) is 0 Å². The largest absolute Gasteiger partial charge is 0.354 e. The van der Waals surface area contributed by atoms with E-state index in [9.17, 15) is 0 Å². The highest BCUT2D eigenvalue weighted by atomic mass is 15.2. The van der Waals surface area contributed by atoms with Gasteiger partial charge in [0, 0.05) is 30.9 Å². The SMILES string of the molecule is CCCNc1ncc(C)c(N(CC)C(C)C)n1. The van der Waals surface area contributed by atoms with Crippen LogP contribution >= 0.6 is 0 Å². The van der Waals surface area contributed by atoms with Crippen LogP contribution in [0.1, 0.15) is 39.7 Å². The Kier molecular flexibility index (Phi) is 5.19. The van der Waals surface area contributed by atoms with Crippen molar-refractivity contribution >= 4 is 11.8 Å². The third-order valence-electron chi connectivity index (χ3n) is 2.71. The second-order valence-electron chi connectivity index (χ2n) is 4.51. The molecular weight excluding hydrogens is 212 g/mol. The van der Waals surface area contributed by atoms with Crippen molar-refractivity contribution in [1.29, 1.82) is 0 Å². The molecule has 0 aliphatic carbocycles. The summed E-state index contributed by atoms with van der Waals surface area (Å²) >= 11 is 0. The summed E-state index contributed by atoms with van der Waals surface area (Å²) in [5.74, 6) is 1.77. The number of rotatable bonds is 6. The molecule has 0 aromatic carbocycles. The zero-order valence-corrected chi connectivity index (χ0v) is 11.6. The molecule has 0 fully saturated rings. The molecule has 0 aliphatic heterocycles. The van der Waals surface area contributed by atoms with Gasteiger partial charge < -0.3 is 10.2 Å². The Morgan fingerprint density at radius 3 is 2.59 bits per heavy atom. The predicted molar refractivity (Wildman–Crippen MR) is 73.7 cm³/mol. The van der Waals surface area contributed by atoms with Gasteiger partial charge in [-0.3, -0.25) is 0 Å². The molecule has 4 nitrogen and oxygen atoms in total. The van der Waals surface area contributed by atoms with E-state index >= 15 is 0 Å². The predicted octanol–water partition coefficient (Wildman–Crippen LogP) is 2.84. The molecule has 1 rings (SSSR count). The van der Waals surface area contributed by atoms with Gasteiger partial charge in [0.05, 0.1) is 0 Å². The molecule has 0 saturated carbocycles. The molecule has 1 aromatic rings. The summed E-state index contributed by atoms with van der Waals surface area (Å²) in [6, 6.07) is 0.452. The highest BCUT2D eigenvalue weighted by Gasteiger charge is 2.13. The molecule has 1 N–H and O–H groups in total. The number of hydrogen-bond acceptors (Lipinski definition) is 4. The summed E-state index contributed by atoms with van der Waals surface area (Å²) in [5.41, 5.74) is 1.13. The fourth-order valence-electron chi connectivity index (χ4n) is 1.81. The summed E-state index contributed by atoms with van der Waals surface area (Å²) in [6.07, 6.45) is 2.97. The van der Waals surface area contributed by atoms with E-state index < -0.39 is 0 Å². The Labute approximate surface area is 104 Å². The van der Waals surface area contributed by atoms with Crippen LogP contribution in [-0.2, 0) is 0 Å². The van der Waals surface area contributed by atoms with Crippen LogP contribution in [0.3, 0.4) is 0 Å². The van der Waals surface area contributed by atoms with E-state index in [1.807, 2.05) is 6.20 Å². The second-order valence-corrected chi connectivity index (χ2v) is 4.51. The molecule has 96 valence electrons. The molecular formula is C13H24N4. The summed E-state index contributed by atoms with van der Waals surface area (Å²) in [4.78, 5) is 11.2. The molecule has 0 bridgehead atoms. The van der Waals surface area contributed by atoms with Crippen molar-refractivity contribution in [2.45, 2.75) is 47.1 Å². The van der Waals surface area contributed by atoms with Crippen molar-refractivity contribution in [2.24, 2.45) is 0 Å². The fourth-order valence-corrected chi connectivity index (χ4v) is 1.81. The lowest BCUT2D eigenvalue weighted by Gasteiger charge is -2.27. The quantitative estimate of drug-likeness (QED) is 0.824. The van der Waals surface area contributed by atoms with Crippen molar-refractivity contribution in [2.75, 3.05) is 23.3 Å². The lowest BCUT2D eigenvalue weighted by Crippen LogP contribution is -2.32. The monoisotopic (exact) mass is 236 g/mol. The lowest BCUT2D eigenvalue weighted by molar-refractivity contribution is 0.689. The second kappa shape index (κ2) is 6.42. The third kappa shape index (κ3) is 3.58. The maximum absolute atomic E-state index is 4.61. The highest BCUT2D eigenvalue weighted by molar-refractivity contribution is 5.49. The van der Waals surface area contributed by atoms with E-state index in [4.69, 9.17) is 0 Å². The molecule has 0 spiro atoms. The van der Waals surface area contributed by atoms with E-state index in [1.54, 1.807) is 0 Å². The smallest absolute Gasteiger partial charge is 0.224 e. The van der Waals surface area contributed by atoms with Gasteiger partial charge in [-0.15, -0.1) is 0 Å². The Morgan fingerprint density at radius 1 is 1.35 bits per heavy atom. The van der Waals surface area contributed by atoms with Crippen molar-refractivity contribution in [3.05, 3.63) is 11.8 Å². The zero-order chi connectivity index (χ0) is 12.8. The van der Waals surface area contributed by atoms with Crippen molar-refractivity contribution in [1.82, 2.24) is 9.97 Å². The van der Waals surface area contributed by atoms with Gasteiger partial charge in [0.1, 0.15) is 5.82 Å². The number of anilines is 2. The van der Waals surface area contributed by atoms with Gasteiger partial charge in [-0.1, -0.05) is 6.92 Å². The van der Waals surface area contributed by atoms with Crippen LogP contribution < -0.4 is 10.2 Å². The molecule has 1 heterocycles. The van der Waals surface area contributed by atoms with E-state index in [1.165, 1.54) is 0 Å². The Hall–Kier alpha value is -1.32. The van der Waals surface area contributed by atoms with Crippen LogP contribution in [-0.4, -0.2) is 29.1 Å². The third-order valence-corrected chi connectivity index (χ3v) is 2.71. The van der Waals surface area contributed by atoms with Gasteiger partial charge in [-0.05, 0) is 34.1 Å². The van der Waals surface area contributed by atoms with Crippen LogP contribution in [0.5, 0.6) is 0 Å². The highest BCUT2D eigenvalue weighted by Crippen LogP contribution is 2.19. The summed E-state index contributed by atoms with van der Waals surface area (Å²) in [5, 5.41) is 3.23. The van der Waals surface area contributed by atoms with Gasteiger partial charge >= 0.3 is 0 Å². The van der Waals surface area contributed by atoms with Gasteiger partial charge in [-0.25, -0.2) is 4.98 Å². The normalized spacial score (nSPS) is 10.7. The standard InChI is InChI=1S/C13H24N4/c1-6-8-14-13-15-9-11(5)12(16-13)17(7-2)10(3)4/h9-10H,6-8H2,1-5H3,(H,14,15,16). The van der Waals surface area contributed by atoms with Crippen molar-refractivity contribution in [3.8, 4) is 0 Å². The van der Waals surface area contributed by atoms with E-state index in [0.717, 1.165) is 36.8 Å². The Balaban J connectivity index is 2.96. The summed E-state index contributed by atoms with van der Waals surface area (Å²) < 4.78 is 0. The maximum Gasteiger partial charge on any atom is 0.224 e. The van der Waals surface area contributed by atoms with Crippen molar-refractivity contribution < 1.29 is 0 Å². The zero-order valence-electron chi connectivity index (χ0n) is 11.6. The fraction of sp³-hybridized carbons (Fsp3) is 0.692. The first-order valence-corrected chi connectivity index (χ1v) is 6.44. The van der Waals surface area contributed by atoms with Crippen LogP contribution in [0.25, 0.3) is 0 Å². The molecule has 0 unspecified atom stereocenters. The first kappa shape index (κ1) is 13.7. The van der Waals surface area contributed by atoms with Crippen LogP contribution in [0.15, 0.2) is 6.20 Å². The number of aromatic nitrogens is 2. The lowest BCUT2D eigenvalue weighted by atomic mass is 10.2. The Morgan fingerprint density at radius 2 is 2.06 bits per heavy atom. The summed E-state index contributed by atoms with van der Waals surface area (Å²) in [7, 11) is 0. The first-order valence-electron chi connectivity index (χ1n) is 6.44. The summed E-state index contributed by atoms with van der Waals surface area (Å²) in [6.45, 7) is 12.6. The number of nitrogens with one attached hydrogen (secondary N) is 1. The molecule has 0 radical (unpaired) electrons. The Bertz CT molecular complexity index is 349. The minimum atomic E-state index is 0.452. The molecule has 0 atom stereocenters. The van der Waals surface area contributed by atoms with E-state index in [0.29, 0.717) is 6.04 Å². The molecule has 0 aliphatic rings. The first-order chi connectivity index (χ1) is 8.10. The number of hydrogen-bond donors (Lipinski definition) is 1. The van der Waals surface area contributed by atoms with Gasteiger partial charge in [-0.2, -0.15) is 4.98 Å². The molecule has 17 heavy (non-hydrogen) atoms. The molecule has 1 aromatic heterocycles. The maximum atomic E-state index is 4.61.